The van der Waals surface area contributed by atoms with E-state index in [0.29, 0.717) is 37.3 Å². The highest BCUT2D eigenvalue weighted by atomic mass is 32.2. The van der Waals surface area contributed by atoms with Crippen LogP contribution < -0.4 is 16.7 Å². The third kappa shape index (κ3) is 6.31. The molecule has 44 heavy (non-hydrogen) atoms. The Hall–Kier alpha value is -4.29. The van der Waals surface area contributed by atoms with Gasteiger partial charge in [0.05, 0.1) is 10.6 Å². The van der Waals surface area contributed by atoms with E-state index >= 15 is 0 Å². The molecule has 0 radical (unpaired) electrons. The van der Waals surface area contributed by atoms with Crippen LogP contribution in [0.15, 0.2) is 94.7 Å². The van der Waals surface area contributed by atoms with Crippen molar-refractivity contribution in [2.24, 2.45) is 5.73 Å². The number of phenols is 1. The number of benzene rings is 3. The molecule has 11 heteroatoms. The minimum absolute atomic E-state index is 0.0694. The van der Waals surface area contributed by atoms with Gasteiger partial charge in [0.15, 0.2) is 0 Å². The summed E-state index contributed by atoms with van der Waals surface area (Å²) in [4.78, 5) is 20.5. The Balaban J connectivity index is 1.23. The van der Waals surface area contributed by atoms with E-state index in [1.165, 1.54) is 4.57 Å². The zero-order valence-electron chi connectivity index (χ0n) is 24.3. The quantitative estimate of drug-likeness (QED) is 0.187. The van der Waals surface area contributed by atoms with Crippen LogP contribution >= 0.6 is 0 Å². The van der Waals surface area contributed by atoms with Crippen LogP contribution in [0, 0.1) is 0 Å². The van der Waals surface area contributed by atoms with Gasteiger partial charge < -0.3 is 21.1 Å². The molecule has 5 N–H and O–H groups in total. The lowest BCUT2D eigenvalue weighted by Gasteiger charge is -2.34. The largest absolute Gasteiger partial charge is 0.508 e. The fourth-order valence-corrected chi connectivity index (χ4v) is 7.49. The molecular formula is C33H36N6O4S. The summed E-state index contributed by atoms with van der Waals surface area (Å²) in [5, 5.41) is 13.6. The van der Waals surface area contributed by atoms with E-state index in [-0.39, 0.29) is 16.7 Å². The average molecular weight is 613 g/mol. The van der Waals surface area contributed by atoms with Crippen LogP contribution in [0.25, 0.3) is 28.0 Å². The molecule has 5 aromatic rings. The number of H-pyrrole nitrogens is 1. The van der Waals surface area contributed by atoms with E-state index in [2.05, 4.69) is 15.3 Å². The molecule has 10 nitrogen and oxygen atoms in total. The number of hydrogen-bond donors (Lipinski definition) is 4. The molecule has 0 unspecified atom stereocenters. The summed E-state index contributed by atoms with van der Waals surface area (Å²) in [6, 6.07) is 23.2. The lowest BCUT2D eigenvalue weighted by Crippen LogP contribution is -2.46. The lowest BCUT2D eigenvalue weighted by atomic mass is 10.1. The first-order valence-electron chi connectivity index (χ1n) is 14.8. The number of nitrogens with one attached hydrogen (secondary N) is 2. The smallest absolute Gasteiger partial charge is 0.354 e. The zero-order chi connectivity index (χ0) is 30.7. The Morgan fingerprint density at radius 3 is 2.32 bits per heavy atom. The fourth-order valence-electron chi connectivity index (χ4n) is 5.76. The van der Waals surface area contributed by atoms with Crippen molar-refractivity contribution in [2.75, 3.05) is 19.6 Å². The number of aryl methyl sites for hydroxylation is 1. The van der Waals surface area contributed by atoms with E-state index < -0.39 is 15.7 Å². The minimum Gasteiger partial charge on any atom is -0.508 e. The molecule has 1 saturated heterocycles. The Labute approximate surface area is 256 Å². The van der Waals surface area contributed by atoms with Crippen molar-refractivity contribution in [3.05, 3.63) is 107 Å². The molecule has 0 saturated carbocycles. The second kappa shape index (κ2) is 12.7. The van der Waals surface area contributed by atoms with E-state index in [9.17, 15) is 18.3 Å². The van der Waals surface area contributed by atoms with Gasteiger partial charge in [-0.15, -0.1) is 0 Å². The van der Waals surface area contributed by atoms with Crippen molar-refractivity contribution < 1.29 is 13.5 Å². The Kier molecular flexibility index (Phi) is 8.62. The number of hydrogen-bond acceptors (Lipinski definition) is 7. The van der Waals surface area contributed by atoms with Crippen LogP contribution in [-0.2, 0) is 23.0 Å². The molecule has 1 fully saturated rings. The van der Waals surface area contributed by atoms with Gasteiger partial charge in [-0.05, 0) is 97.9 Å². The number of fused-ring (bicyclic) bond motifs is 1. The van der Waals surface area contributed by atoms with Crippen molar-refractivity contribution in [2.45, 2.75) is 43.2 Å². The van der Waals surface area contributed by atoms with Crippen molar-refractivity contribution in [1.82, 2.24) is 24.2 Å². The normalized spacial score (nSPS) is 14.4. The molecule has 1 aliphatic rings. The number of rotatable bonds is 10. The molecule has 0 bridgehead atoms. The van der Waals surface area contributed by atoms with E-state index in [0.717, 1.165) is 53.7 Å². The van der Waals surface area contributed by atoms with Gasteiger partial charge in [-0.1, -0.05) is 36.4 Å². The third-order valence-corrected chi connectivity index (χ3v) is 10.2. The second-order valence-corrected chi connectivity index (χ2v) is 13.0. The van der Waals surface area contributed by atoms with Crippen LogP contribution in [0.2, 0.25) is 0 Å². The van der Waals surface area contributed by atoms with Gasteiger partial charge in [0.2, 0.25) is 10.0 Å². The van der Waals surface area contributed by atoms with Gasteiger partial charge in [-0.25, -0.2) is 13.2 Å². The molecule has 2 aromatic heterocycles. The predicted molar refractivity (Wildman–Crippen MR) is 171 cm³/mol. The van der Waals surface area contributed by atoms with Gasteiger partial charge >= 0.3 is 5.69 Å². The number of sulfonamides is 1. The molecule has 0 amide bonds. The molecule has 0 spiro atoms. The van der Waals surface area contributed by atoms with Crippen LogP contribution in [-0.4, -0.2) is 58.0 Å². The summed E-state index contributed by atoms with van der Waals surface area (Å²) >= 11 is 0. The first-order chi connectivity index (χ1) is 21.3. The maximum absolute atomic E-state index is 14.0. The minimum atomic E-state index is -3.74. The highest BCUT2D eigenvalue weighted by molar-refractivity contribution is 7.89. The number of aromatic nitrogens is 3. The van der Waals surface area contributed by atoms with E-state index in [1.807, 2.05) is 42.5 Å². The first-order valence-corrected chi connectivity index (χ1v) is 16.3. The first kappa shape index (κ1) is 29.8. The lowest BCUT2D eigenvalue weighted by molar-refractivity contribution is 0.260. The predicted octanol–water partition coefficient (Wildman–Crippen LogP) is 3.92. The maximum Gasteiger partial charge on any atom is 0.354 e. The summed E-state index contributed by atoms with van der Waals surface area (Å²) in [6.45, 7) is 2.40. The Morgan fingerprint density at radius 1 is 0.955 bits per heavy atom. The molecule has 1 aliphatic heterocycles. The molecule has 3 aromatic carbocycles. The average Bonchev–Trinajstić information content (AvgIpc) is 3.47. The van der Waals surface area contributed by atoms with Crippen LogP contribution in [0.5, 0.6) is 5.75 Å². The van der Waals surface area contributed by atoms with E-state index in [1.54, 1.807) is 46.9 Å². The standard InChI is InChI=1S/C33H36N6O4S/c34-21-24-3-9-27(10-4-24)38-22-26-20-31(36-32(26)37-33(38)41)25-7-13-30(14-8-25)44(42,43)39(28-15-17-35-18-16-28)19-1-2-23-5-11-29(40)12-6-23/h3-14,20,22,28,35,40H,1-2,15-19,21,34H2,(H,36,37,41). The van der Waals surface area contributed by atoms with E-state index in [4.69, 9.17) is 5.73 Å². The number of nitrogens with zero attached hydrogens (tertiary/aromatic N) is 3. The van der Waals surface area contributed by atoms with Gasteiger partial charge in [-0.2, -0.15) is 9.29 Å². The highest BCUT2D eigenvalue weighted by Gasteiger charge is 2.32. The van der Waals surface area contributed by atoms with Gasteiger partial charge in [0.1, 0.15) is 11.4 Å². The molecular weight excluding hydrogens is 576 g/mol. The van der Waals surface area contributed by atoms with Crippen LogP contribution in [0.3, 0.4) is 0 Å². The maximum atomic E-state index is 14.0. The van der Waals surface area contributed by atoms with Crippen molar-refractivity contribution in [3.8, 4) is 22.7 Å². The third-order valence-electron chi connectivity index (χ3n) is 8.23. The van der Waals surface area contributed by atoms with Gasteiger partial charge in [0, 0.05) is 36.4 Å². The number of piperidine rings is 1. The number of nitrogens with two attached hydrogens (primary N) is 1. The molecule has 0 atom stereocenters. The molecule has 3 heterocycles. The number of aromatic amines is 1. The number of aromatic hydroxyl groups is 1. The van der Waals surface area contributed by atoms with Crippen molar-refractivity contribution in [1.29, 1.82) is 0 Å². The summed E-state index contributed by atoms with van der Waals surface area (Å²) in [5.74, 6) is 0.215. The van der Waals surface area contributed by atoms with Crippen molar-refractivity contribution in [3.63, 3.8) is 0 Å². The van der Waals surface area contributed by atoms with Crippen LogP contribution in [0.4, 0.5) is 0 Å². The molecule has 228 valence electrons. The van der Waals surface area contributed by atoms with Crippen LogP contribution in [0.1, 0.15) is 30.4 Å². The molecule has 6 rings (SSSR count). The monoisotopic (exact) mass is 612 g/mol. The summed E-state index contributed by atoms with van der Waals surface area (Å²) in [6.07, 6.45) is 4.66. The summed E-state index contributed by atoms with van der Waals surface area (Å²) < 4.78 is 31.1. The SMILES string of the molecule is NCc1ccc(-n2cc3cc(-c4ccc(S(=O)(=O)N(CCCc5ccc(O)cc5)C5CCNCC5)cc4)[nH]c3nc2=O)cc1. The zero-order valence-corrected chi connectivity index (χ0v) is 25.1. The van der Waals surface area contributed by atoms with Gasteiger partial charge in [0.25, 0.3) is 0 Å². The van der Waals surface area contributed by atoms with Crippen molar-refractivity contribution >= 4 is 21.1 Å². The summed E-state index contributed by atoms with van der Waals surface area (Å²) in [5.41, 5.74) is 9.99. The second-order valence-electron chi connectivity index (χ2n) is 11.1. The Morgan fingerprint density at radius 2 is 1.64 bits per heavy atom. The highest BCUT2D eigenvalue weighted by Crippen LogP contribution is 2.28. The van der Waals surface area contributed by atoms with Gasteiger partial charge in [-0.3, -0.25) is 4.57 Å². The topological polar surface area (TPSA) is 146 Å². The fraction of sp³-hybridized carbons (Fsp3) is 0.273. The summed E-state index contributed by atoms with van der Waals surface area (Å²) in [7, 11) is -3.74. The molecule has 0 aliphatic carbocycles. The number of phenolic OH excluding ortho intramolecular Hbond substituents is 1. The Bertz CT molecular complexity index is 1890.